The fourth-order valence-electron chi connectivity index (χ4n) is 4.00. The minimum Gasteiger partial charge on any atom is -0.446 e. The lowest BCUT2D eigenvalue weighted by atomic mass is 10.0. The first-order chi connectivity index (χ1) is 16.8. The lowest BCUT2D eigenvalue weighted by molar-refractivity contribution is 0.457. The molecule has 0 N–H and O–H groups in total. The molecule has 0 spiro atoms. The zero-order valence-electron chi connectivity index (χ0n) is 18.1. The minimum absolute atomic E-state index is 0.124. The first-order valence-corrected chi connectivity index (χ1v) is 10.9. The molecule has 0 aliphatic carbocycles. The maximum absolute atomic E-state index is 12.7. The zero-order chi connectivity index (χ0) is 22.9. The van der Waals surface area contributed by atoms with E-state index in [9.17, 15) is 4.79 Å². The zero-order valence-corrected chi connectivity index (χ0v) is 18.1. The molecule has 164 valence electrons. The van der Waals surface area contributed by atoms with Crippen LogP contribution in [0.1, 0.15) is 5.89 Å². The number of benzene rings is 2. The number of oxazole rings is 1. The van der Waals surface area contributed by atoms with Crippen LogP contribution >= 0.6 is 0 Å². The van der Waals surface area contributed by atoms with E-state index in [-0.39, 0.29) is 12.1 Å². The molecule has 6 aromatic rings. The summed E-state index contributed by atoms with van der Waals surface area (Å²) in [7, 11) is 0. The van der Waals surface area contributed by atoms with Gasteiger partial charge in [-0.25, -0.2) is 14.2 Å². The molecule has 0 aliphatic rings. The highest BCUT2D eigenvalue weighted by Crippen LogP contribution is 2.33. The Bertz CT molecular complexity index is 1650. The Morgan fingerprint density at radius 1 is 0.735 bits per heavy atom. The van der Waals surface area contributed by atoms with Gasteiger partial charge in [-0.15, -0.1) is 0 Å². The van der Waals surface area contributed by atoms with E-state index < -0.39 is 0 Å². The second-order valence-electron chi connectivity index (χ2n) is 7.83. The number of fused-ring (bicyclic) bond motifs is 1. The Balaban J connectivity index is 1.43. The molecule has 0 saturated carbocycles. The molecule has 2 aromatic carbocycles. The Hall–Kier alpha value is -4.78. The predicted molar refractivity (Wildman–Crippen MR) is 129 cm³/mol. The summed E-state index contributed by atoms with van der Waals surface area (Å²) >= 11 is 0. The van der Waals surface area contributed by atoms with Crippen LogP contribution in [0.15, 0.2) is 113 Å². The van der Waals surface area contributed by atoms with Crippen molar-refractivity contribution in [2.24, 2.45) is 0 Å². The number of hydrogen-bond acceptors (Lipinski definition) is 5. The highest BCUT2D eigenvalue weighted by Gasteiger charge is 2.18. The summed E-state index contributed by atoms with van der Waals surface area (Å²) in [6.45, 7) is 0.124. The number of nitrogens with zero attached hydrogens (tertiary/aromatic N) is 5. The van der Waals surface area contributed by atoms with Crippen molar-refractivity contribution in [3.05, 3.63) is 120 Å². The van der Waals surface area contributed by atoms with Crippen molar-refractivity contribution in [1.82, 2.24) is 24.4 Å². The van der Waals surface area contributed by atoms with Crippen LogP contribution in [-0.4, -0.2) is 24.4 Å². The van der Waals surface area contributed by atoms with Crippen LogP contribution in [0.25, 0.3) is 39.3 Å². The summed E-state index contributed by atoms with van der Waals surface area (Å²) in [6, 6.07) is 28.8. The van der Waals surface area contributed by atoms with Gasteiger partial charge >= 0.3 is 0 Å². The van der Waals surface area contributed by atoms with Crippen LogP contribution in [0, 0.1) is 0 Å². The van der Waals surface area contributed by atoms with E-state index in [2.05, 4.69) is 10.1 Å². The van der Waals surface area contributed by atoms with Crippen molar-refractivity contribution in [2.75, 3.05) is 0 Å². The Labute approximate surface area is 194 Å². The molecule has 0 unspecified atom stereocenters. The Morgan fingerprint density at radius 3 is 2.26 bits per heavy atom. The van der Waals surface area contributed by atoms with Crippen LogP contribution in [-0.2, 0) is 6.54 Å². The summed E-state index contributed by atoms with van der Waals surface area (Å²) in [4.78, 5) is 17.2. The molecule has 4 heterocycles. The second kappa shape index (κ2) is 8.29. The molecule has 34 heavy (non-hydrogen) atoms. The first kappa shape index (κ1) is 19.9. The summed E-state index contributed by atoms with van der Waals surface area (Å²) < 4.78 is 8.85. The number of hydrogen-bond donors (Lipinski definition) is 0. The lowest BCUT2D eigenvalue weighted by Gasteiger charge is -2.07. The summed E-state index contributed by atoms with van der Waals surface area (Å²) in [6.07, 6.45) is 3.50. The van der Waals surface area contributed by atoms with Gasteiger partial charge < -0.3 is 4.42 Å². The molecule has 0 aliphatic heterocycles. The van der Waals surface area contributed by atoms with E-state index >= 15 is 0 Å². The van der Waals surface area contributed by atoms with Gasteiger partial charge in [0, 0.05) is 23.4 Å². The normalized spacial score (nSPS) is 11.2. The summed E-state index contributed by atoms with van der Waals surface area (Å²) in [5.74, 6) is 0.411. The van der Waals surface area contributed by atoms with Crippen LogP contribution in [0.2, 0.25) is 0 Å². The third-order valence-electron chi connectivity index (χ3n) is 5.62. The van der Waals surface area contributed by atoms with E-state index in [1.807, 2.05) is 89.6 Å². The smallest absolute Gasteiger partial charge is 0.267 e. The molecule has 4 aromatic heterocycles. The van der Waals surface area contributed by atoms with Gasteiger partial charge in [0.2, 0.25) is 5.89 Å². The van der Waals surface area contributed by atoms with Crippen molar-refractivity contribution in [2.45, 2.75) is 6.54 Å². The standard InChI is InChI=1S/C27H19N5O2/c33-25-15-14-21(29-32(25)17-24-28-22(18-34-24)19-9-3-1-4-10-19)26-23-13-7-8-16-31(23)30-27(26)20-11-5-2-6-12-20/h1-16,18H,17H2. The van der Waals surface area contributed by atoms with Gasteiger partial charge in [-0.1, -0.05) is 66.7 Å². The topological polar surface area (TPSA) is 78.2 Å². The first-order valence-electron chi connectivity index (χ1n) is 10.9. The summed E-state index contributed by atoms with van der Waals surface area (Å²) in [5, 5.41) is 9.47. The van der Waals surface area contributed by atoms with Crippen molar-refractivity contribution in [3.63, 3.8) is 0 Å². The number of pyridine rings is 1. The molecule has 0 saturated heterocycles. The van der Waals surface area contributed by atoms with Crippen LogP contribution in [0.5, 0.6) is 0 Å². The van der Waals surface area contributed by atoms with Gasteiger partial charge in [0.1, 0.15) is 24.2 Å². The fourth-order valence-corrected chi connectivity index (χ4v) is 4.00. The SMILES string of the molecule is O=c1ccc(-c2c(-c3ccccc3)nn3ccccc23)nn1Cc1nc(-c2ccccc2)co1. The average molecular weight is 445 g/mol. The van der Waals surface area contributed by atoms with Crippen molar-refractivity contribution < 1.29 is 4.42 Å². The quantitative estimate of drug-likeness (QED) is 0.376. The van der Waals surface area contributed by atoms with Gasteiger partial charge in [0.15, 0.2) is 0 Å². The lowest BCUT2D eigenvalue weighted by Crippen LogP contribution is -2.23. The third kappa shape index (κ3) is 3.59. The molecule has 0 bridgehead atoms. The minimum atomic E-state index is -0.235. The van der Waals surface area contributed by atoms with Gasteiger partial charge in [-0.3, -0.25) is 4.79 Å². The van der Waals surface area contributed by atoms with E-state index in [0.717, 1.165) is 27.9 Å². The monoisotopic (exact) mass is 445 g/mol. The van der Waals surface area contributed by atoms with Crippen molar-refractivity contribution in [3.8, 4) is 33.8 Å². The summed E-state index contributed by atoms with van der Waals surface area (Å²) in [5.41, 5.74) is 5.61. The van der Waals surface area contributed by atoms with E-state index in [4.69, 9.17) is 9.52 Å². The van der Waals surface area contributed by atoms with E-state index in [1.54, 1.807) is 12.3 Å². The number of rotatable bonds is 5. The van der Waals surface area contributed by atoms with E-state index in [1.165, 1.54) is 10.7 Å². The maximum Gasteiger partial charge on any atom is 0.267 e. The average Bonchev–Trinajstić information content (AvgIpc) is 3.51. The van der Waals surface area contributed by atoms with Gasteiger partial charge in [0.05, 0.1) is 16.8 Å². The molecule has 0 atom stereocenters. The Kier molecular flexibility index (Phi) is 4.85. The highest BCUT2D eigenvalue weighted by molar-refractivity contribution is 5.90. The van der Waals surface area contributed by atoms with E-state index in [0.29, 0.717) is 17.3 Å². The van der Waals surface area contributed by atoms with Crippen LogP contribution in [0.4, 0.5) is 0 Å². The van der Waals surface area contributed by atoms with Crippen LogP contribution in [0.3, 0.4) is 0 Å². The molecule has 0 radical (unpaired) electrons. The number of aromatic nitrogens is 5. The second-order valence-corrected chi connectivity index (χ2v) is 7.83. The molecule has 0 amide bonds. The third-order valence-corrected chi connectivity index (χ3v) is 5.62. The fraction of sp³-hybridized carbons (Fsp3) is 0.0370. The van der Waals surface area contributed by atoms with Crippen molar-refractivity contribution in [1.29, 1.82) is 0 Å². The van der Waals surface area contributed by atoms with Crippen molar-refractivity contribution >= 4 is 5.52 Å². The molecular formula is C27H19N5O2. The molecule has 7 heteroatoms. The largest absolute Gasteiger partial charge is 0.446 e. The molecule has 6 rings (SSSR count). The maximum atomic E-state index is 12.7. The van der Waals surface area contributed by atoms with Gasteiger partial charge in [0.25, 0.3) is 5.56 Å². The molecular weight excluding hydrogens is 426 g/mol. The molecule has 0 fully saturated rings. The van der Waals surface area contributed by atoms with Gasteiger partial charge in [-0.05, 0) is 18.2 Å². The highest BCUT2D eigenvalue weighted by atomic mass is 16.3. The molecule has 7 nitrogen and oxygen atoms in total. The predicted octanol–water partition coefficient (Wildman–Crippen LogP) is 4.93. The van der Waals surface area contributed by atoms with Gasteiger partial charge in [-0.2, -0.15) is 10.2 Å². The Morgan fingerprint density at radius 2 is 1.47 bits per heavy atom. The van der Waals surface area contributed by atoms with Crippen LogP contribution < -0.4 is 5.56 Å².